The van der Waals surface area contributed by atoms with Crippen LogP contribution in [0.5, 0.6) is 0 Å². The lowest BCUT2D eigenvalue weighted by Gasteiger charge is -2.25. The molecule has 0 N–H and O–H groups in total. The molecule has 0 saturated heterocycles. The molecule has 0 fully saturated rings. The Hall–Kier alpha value is -0.430. The molecule has 0 spiro atoms. The van der Waals surface area contributed by atoms with Crippen LogP contribution >= 0.6 is 7.80 Å². The van der Waals surface area contributed by atoms with Gasteiger partial charge < -0.3 is 4.90 Å². The first kappa shape index (κ1) is 13.6. The van der Waals surface area contributed by atoms with Crippen LogP contribution in [0, 0.1) is 11.8 Å². The van der Waals surface area contributed by atoms with Gasteiger partial charge in [0.05, 0.1) is 0 Å². The smallest absolute Gasteiger partial charge is 0.302 e. The Morgan fingerprint density at radius 1 is 1.14 bits per heavy atom. The number of hydrogen-bond donors (Lipinski definition) is 0. The first-order chi connectivity index (χ1) is 6.34. The van der Waals surface area contributed by atoms with Gasteiger partial charge in [-0.2, -0.15) is 0 Å². The minimum absolute atomic E-state index is 0.206. The molecular formula is C10H21NO2P. The van der Waals surface area contributed by atoms with E-state index in [0.717, 1.165) is 0 Å². The van der Waals surface area contributed by atoms with Crippen molar-refractivity contribution >= 4 is 13.4 Å². The van der Waals surface area contributed by atoms with Crippen LogP contribution in [0.1, 0.15) is 27.7 Å². The average molecular weight is 218 g/mol. The molecule has 0 aromatic rings. The molecule has 1 atom stereocenters. The lowest BCUT2D eigenvalue weighted by Crippen LogP contribution is -2.34. The summed E-state index contributed by atoms with van der Waals surface area (Å²) in [6.07, 6.45) is 0. The highest BCUT2D eigenvalue weighted by Gasteiger charge is 2.19. The summed E-state index contributed by atoms with van der Waals surface area (Å²) in [5, 5.41) is 0. The van der Waals surface area contributed by atoms with Crippen LogP contribution in [-0.4, -0.2) is 30.3 Å². The van der Waals surface area contributed by atoms with Gasteiger partial charge in [-0.15, -0.1) is 0 Å². The minimum Gasteiger partial charge on any atom is -0.333 e. The van der Waals surface area contributed by atoms with Crippen molar-refractivity contribution in [3.8, 4) is 0 Å². The van der Waals surface area contributed by atoms with E-state index in [4.69, 9.17) is 0 Å². The molecule has 1 unspecified atom stereocenters. The molecule has 0 bridgehead atoms. The predicted molar refractivity (Wildman–Crippen MR) is 60.2 cm³/mol. The number of hydrogen-bond acceptors (Lipinski definition) is 2. The highest BCUT2D eigenvalue weighted by molar-refractivity contribution is 7.62. The third kappa shape index (κ3) is 5.33. The zero-order valence-corrected chi connectivity index (χ0v) is 10.7. The summed E-state index contributed by atoms with van der Waals surface area (Å²) in [5.74, 6) is 0.847. The molecule has 4 heteroatoms. The number of carbonyl (C=O) groups excluding carboxylic acids is 1. The van der Waals surface area contributed by atoms with E-state index in [2.05, 4.69) is 27.7 Å². The molecule has 0 saturated carbocycles. The minimum atomic E-state index is -1.73. The van der Waals surface area contributed by atoms with Crippen LogP contribution in [0.4, 0.5) is 4.79 Å². The molecule has 83 valence electrons. The standard InChI is InChI=1S/C10H21NO2P/c1-8(2)6-11(7-9(3)4)10(12)14(5)13/h8-9H,6-7H2,1-5H3. The van der Waals surface area contributed by atoms with E-state index in [9.17, 15) is 9.36 Å². The largest absolute Gasteiger partial charge is 0.333 e. The topological polar surface area (TPSA) is 37.4 Å². The van der Waals surface area contributed by atoms with Gasteiger partial charge in [-0.3, -0.25) is 9.36 Å². The molecule has 3 nitrogen and oxygen atoms in total. The van der Waals surface area contributed by atoms with Crippen LogP contribution in [-0.2, 0) is 4.57 Å². The Bertz CT molecular complexity index is 204. The monoisotopic (exact) mass is 218 g/mol. The summed E-state index contributed by atoms with van der Waals surface area (Å²) in [6, 6.07) is 0. The van der Waals surface area contributed by atoms with E-state index < -0.39 is 7.80 Å². The van der Waals surface area contributed by atoms with Gasteiger partial charge in [-0.05, 0) is 11.8 Å². The SMILES string of the molecule is CC(C)CN(CC(C)C)C(=O)[P](C)=O. The second-order valence-electron chi connectivity index (χ2n) is 4.47. The molecule has 14 heavy (non-hydrogen) atoms. The summed E-state index contributed by atoms with van der Waals surface area (Å²) < 4.78 is 11.1. The van der Waals surface area contributed by atoms with E-state index in [1.807, 2.05) is 0 Å². The lowest BCUT2D eigenvalue weighted by atomic mass is 10.1. The third-order valence-electron chi connectivity index (χ3n) is 1.71. The second-order valence-corrected chi connectivity index (χ2v) is 5.85. The Kier molecular flexibility index (Phi) is 5.94. The third-order valence-corrected chi connectivity index (χ3v) is 2.53. The Morgan fingerprint density at radius 3 is 1.71 bits per heavy atom. The first-order valence-corrected chi connectivity index (χ1v) is 6.75. The van der Waals surface area contributed by atoms with Crippen molar-refractivity contribution in [2.75, 3.05) is 19.8 Å². The molecule has 0 aliphatic rings. The highest BCUT2D eigenvalue weighted by atomic mass is 31.1. The van der Waals surface area contributed by atoms with Gasteiger partial charge in [0.15, 0.2) is 7.80 Å². The van der Waals surface area contributed by atoms with Gasteiger partial charge in [0.25, 0.3) is 0 Å². The van der Waals surface area contributed by atoms with Gasteiger partial charge in [-0.25, -0.2) is 0 Å². The fourth-order valence-corrected chi connectivity index (χ4v) is 1.87. The maximum absolute atomic E-state index is 11.6. The number of carbonyl (C=O) groups is 1. The van der Waals surface area contributed by atoms with E-state index in [1.165, 1.54) is 6.66 Å². The molecule has 1 radical (unpaired) electrons. The highest BCUT2D eigenvalue weighted by Crippen LogP contribution is 2.21. The Balaban J connectivity index is 4.38. The summed E-state index contributed by atoms with van der Waals surface area (Å²) in [5.41, 5.74) is -0.206. The van der Waals surface area contributed by atoms with Crippen molar-refractivity contribution in [2.45, 2.75) is 27.7 Å². The van der Waals surface area contributed by atoms with Crippen molar-refractivity contribution in [2.24, 2.45) is 11.8 Å². The molecule has 0 rings (SSSR count). The van der Waals surface area contributed by atoms with Gasteiger partial charge in [0, 0.05) is 19.8 Å². The summed E-state index contributed by atoms with van der Waals surface area (Å²) in [4.78, 5) is 13.3. The van der Waals surface area contributed by atoms with Gasteiger partial charge >= 0.3 is 5.65 Å². The second kappa shape index (κ2) is 6.13. The quantitative estimate of drug-likeness (QED) is 0.664. The maximum Gasteiger partial charge on any atom is 0.302 e. The Labute approximate surface area is 87.6 Å². The molecular weight excluding hydrogens is 197 g/mol. The van der Waals surface area contributed by atoms with Crippen LogP contribution < -0.4 is 0 Å². The van der Waals surface area contributed by atoms with Crippen LogP contribution in [0.25, 0.3) is 0 Å². The first-order valence-electron chi connectivity index (χ1n) is 5.04. The van der Waals surface area contributed by atoms with Crippen LogP contribution in [0.15, 0.2) is 0 Å². The fourth-order valence-electron chi connectivity index (χ4n) is 1.31. The zero-order chi connectivity index (χ0) is 11.3. The van der Waals surface area contributed by atoms with Gasteiger partial charge in [0.2, 0.25) is 0 Å². The fraction of sp³-hybridized carbons (Fsp3) is 0.900. The molecule has 0 aliphatic carbocycles. The molecule has 0 heterocycles. The van der Waals surface area contributed by atoms with Gasteiger partial charge in [-0.1, -0.05) is 27.7 Å². The van der Waals surface area contributed by atoms with Crippen LogP contribution in [0.3, 0.4) is 0 Å². The van der Waals surface area contributed by atoms with Crippen molar-refractivity contribution in [1.29, 1.82) is 0 Å². The van der Waals surface area contributed by atoms with E-state index in [-0.39, 0.29) is 5.65 Å². The average Bonchev–Trinajstić information content (AvgIpc) is 1.99. The molecule has 0 aromatic heterocycles. The van der Waals surface area contributed by atoms with Crippen molar-refractivity contribution in [3.05, 3.63) is 0 Å². The summed E-state index contributed by atoms with van der Waals surface area (Å²) >= 11 is 0. The molecule has 0 aliphatic heterocycles. The van der Waals surface area contributed by atoms with Crippen molar-refractivity contribution in [3.63, 3.8) is 0 Å². The van der Waals surface area contributed by atoms with E-state index in [1.54, 1.807) is 4.90 Å². The number of nitrogens with zero attached hydrogens (tertiary/aromatic N) is 1. The normalized spacial score (nSPS) is 12.1. The van der Waals surface area contributed by atoms with E-state index >= 15 is 0 Å². The van der Waals surface area contributed by atoms with Gasteiger partial charge in [0.1, 0.15) is 0 Å². The molecule has 0 aromatic carbocycles. The Morgan fingerprint density at radius 2 is 1.50 bits per heavy atom. The van der Waals surface area contributed by atoms with Crippen LogP contribution in [0.2, 0.25) is 0 Å². The van der Waals surface area contributed by atoms with E-state index in [0.29, 0.717) is 24.9 Å². The predicted octanol–water partition coefficient (Wildman–Crippen LogP) is 3.18. The lowest BCUT2D eigenvalue weighted by molar-refractivity contribution is 0.206. The number of rotatable bonds is 5. The zero-order valence-electron chi connectivity index (χ0n) is 9.78. The summed E-state index contributed by atoms with van der Waals surface area (Å²) in [6.45, 7) is 11.1. The number of amides is 1. The van der Waals surface area contributed by atoms with Crippen molar-refractivity contribution in [1.82, 2.24) is 4.90 Å². The summed E-state index contributed by atoms with van der Waals surface area (Å²) in [7, 11) is -1.73. The maximum atomic E-state index is 11.6. The van der Waals surface area contributed by atoms with Crippen molar-refractivity contribution < 1.29 is 9.36 Å². The molecule has 1 amide bonds.